The molecule has 1 aromatic carbocycles. The van der Waals surface area contributed by atoms with Crippen molar-refractivity contribution < 1.29 is 19.1 Å². The first kappa shape index (κ1) is 14.2. The van der Waals surface area contributed by atoms with Crippen molar-refractivity contribution in [3.05, 3.63) is 41.2 Å². The van der Waals surface area contributed by atoms with E-state index in [1.54, 1.807) is 11.9 Å². The van der Waals surface area contributed by atoms with Crippen LogP contribution in [0.5, 0.6) is 0 Å². The predicted molar refractivity (Wildman–Crippen MR) is 72.8 cm³/mol. The van der Waals surface area contributed by atoms with E-state index in [-0.39, 0.29) is 17.5 Å². The van der Waals surface area contributed by atoms with Crippen molar-refractivity contribution in [2.24, 2.45) is 0 Å². The maximum absolute atomic E-state index is 13.9. The molecule has 1 N–H and O–H groups in total. The molecule has 5 heteroatoms. The lowest BCUT2D eigenvalue weighted by Gasteiger charge is -2.34. The second-order valence-electron chi connectivity index (χ2n) is 4.91. The molecule has 4 nitrogen and oxygen atoms in total. The molecule has 1 aliphatic rings. The summed E-state index contributed by atoms with van der Waals surface area (Å²) in [5, 5.41) is 8.51. The van der Waals surface area contributed by atoms with E-state index < -0.39 is 11.8 Å². The Morgan fingerprint density at radius 2 is 2.10 bits per heavy atom. The lowest BCUT2D eigenvalue weighted by molar-refractivity contribution is -0.131. The number of carboxylic acids is 1. The third-order valence-corrected chi connectivity index (χ3v) is 3.58. The number of aliphatic carboxylic acids is 1. The molecule has 0 radical (unpaired) electrons. The quantitative estimate of drug-likeness (QED) is 0.860. The Balaban J connectivity index is 2.16. The summed E-state index contributed by atoms with van der Waals surface area (Å²) >= 11 is 0. The summed E-state index contributed by atoms with van der Waals surface area (Å²) in [5.41, 5.74) is 0.430. The number of amides is 1. The van der Waals surface area contributed by atoms with E-state index >= 15 is 0 Å². The summed E-state index contributed by atoms with van der Waals surface area (Å²) in [7, 11) is 1.68. The number of hydrogen-bond donors (Lipinski definition) is 1. The van der Waals surface area contributed by atoms with Gasteiger partial charge in [-0.3, -0.25) is 4.79 Å². The Morgan fingerprint density at radius 1 is 1.40 bits per heavy atom. The topological polar surface area (TPSA) is 57.6 Å². The van der Waals surface area contributed by atoms with Crippen molar-refractivity contribution in [2.45, 2.75) is 25.3 Å². The first-order valence-corrected chi connectivity index (χ1v) is 6.47. The molecule has 0 saturated heterocycles. The number of carboxylic acid groups (broad SMARTS) is 1. The average Bonchev–Trinajstić information content (AvgIpc) is 2.33. The van der Waals surface area contributed by atoms with Crippen LogP contribution < -0.4 is 0 Å². The fourth-order valence-corrected chi connectivity index (χ4v) is 2.11. The van der Waals surface area contributed by atoms with Gasteiger partial charge in [0.2, 0.25) is 0 Å². The molecule has 0 spiro atoms. The second kappa shape index (κ2) is 5.86. The van der Waals surface area contributed by atoms with Gasteiger partial charge in [0, 0.05) is 19.2 Å². The minimum atomic E-state index is -1.10. The second-order valence-corrected chi connectivity index (χ2v) is 4.91. The summed E-state index contributed by atoms with van der Waals surface area (Å²) in [6.45, 7) is 0. The molecule has 0 aromatic heterocycles. The minimum absolute atomic E-state index is 0.0203. The van der Waals surface area contributed by atoms with Crippen molar-refractivity contribution in [2.75, 3.05) is 7.05 Å². The van der Waals surface area contributed by atoms with Gasteiger partial charge in [0.25, 0.3) is 5.91 Å². The van der Waals surface area contributed by atoms with Gasteiger partial charge in [0.05, 0.1) is 5.56 Å². The lowest BCUT2D eigenvalue weighted by Crippen LogP contribution is -2.41. The molecular formula is C15H16FNO3. The summed E-state index contributed by atoms with van der Waals surface area (Å²) < 4.78 is 13.9. The predicted octanol–water partition coefficient (Wildman–Crippen LogP) is 2.55. The van der Waals surface area contributed by atoms with Crippen LogP contribution in [0.3, 0.4) is 0 Å². The molecule has 106 valence electrons. The number of nitrogens with zero attached hydrogens (tertiary/aromatic N) is 1. The molecule has 1 amide bonds. The SMILES string of the molecule is CN(C(=O)c1ccc(/C=C/C(=O)O)cc1F)C1CCC1. The van der Waals surface area contributed by atoms with Crippen molar-refractivity contribution in [1.29, 1.82) is 0 Å². The highest BCUT2D eigenvalue weighted by atomic mass is 19.1. The Bertz CT molecular complexity index is 564. The van der Waals surface area contributed by atoms with E-state index in [4.69, 9.17) is 5.11 Å². The minimum Gasteiger partial charge on any atom is -0.478 e. The third-order valence-electron chi connectivity index (χ3n) is 3.58. The van der Waals surface area contributed by atoms with Crippen LogP contribution in [-0.4, -0.2) is 35.0 Å². The highest BCUT2D eigenvalue weighted by molar-refractivity contribution is 5.95. The van der Waals surface area contributed by atoms with Crippen LogP contribution >= 0.6 is 0 Å². The Kier molecular flexibility index (Phi) is 4.17. The van der Waals surface area contributed by atoms with E-state index in [2.05, 4.69) is 0 Å². The van der Waals surface area contributed by atoms with Gasteiger partial charge in [-0.05, 0) is 43.0 Å². The molecule has 0 aliphatic heterocycles. The molecule has 20 heavy (non-hydrogen) atoms. The van der Waals surface area contributed by atoms with Crippen molar-refractivity contribution in [3.8, 4) is 0 Å². The van der Waals surface area contributed by atoms with Crippen LogP contribution in [0, 0.1) is 5.82 Å². The molecule has 1 aliphatic carbocycles. The maximum Gasteiger partial charge on any atom is 0.328 e. The van der Waals surface area contributed by atoms with Crippen LogP contribution in [-0.2, 0) is 4.79 Å². The van der Waals surface area contributed by atoms with Crippen molar-refractivity contribution in [1.82, 2.24) is 4.90 Å². The summed E-state index contributed by atoms with van der Waals surface area (Å²) in [5.74, 6) is -2.06. The van der Waals surface area contributed by atoms with E-state index in [0.717, 1.165) is 25.3 Å². The number of carbonyl (C=O) groups is 2. The molecule has 0 bridgehead atoms. The molecule has 1 aromatic rings. The number of halogens is 1. The van der Waals surface area contributed by atoms with E-state index in [1.807, 2.05) is 0 Å². The van der Waals surface area contributed by atoms with Crippen LogP contribution in [0.25, 0.3) is 6.08 Å². The van der Waals surface area contributed by atoms with Crippen molar-refractivity contribution >= 4 is 18.0 Å². The van der Waals surface area contributed by atoms with E-state index in [9.17, 15) is 14.0 Å². The molecular weight excluding hydrogens is 261 g/mol. The normalized spacial score (nSPS) is 15.1. The molecule has 0 heterocycles. The third kappa shape index (κ3) is 3.04. The average molecular weight is 277 g/mol. The summed E-state index contributed by atoms with van der Waals surface area (Å²) in [4.78, 5) is 24.1. The standard InChI is InChI=1S/C15H16FNO3/c1-17(11-3-2-4-11)15(20)12-7-5-10(9-13(12)16)6-8-14(18)19/h5-9,11H,2-4H2,1H3,(H,18,19)/b8-6+. The Morgan fingerprint density at radius 3 is 2.60 bits per heavy atom. The first-order valence-electron chi connectivity index (χ1n) is 6.47. The fraction of sp³-hybridized carbons (Fsp3) is 0.333. The summed E-state index contributed by atoms with van der Waals surface area (Å²) in [6, 6.07) is 4.30. The zero-order valence-electron chi connectivity index (χ0n) is 11.2. The first-order chi connectivity index (χ1) is 9.49. The zero-order valence-corrected chi connectivity index (χ0v) is 11.2. The van der Waals surface area contributed by atoms with Gasteiger partial charge < -0.3 is 10.0 Å². The smallest absolute Gasteiger partial charge is 0.328 e. The lowest BCUT2D eigenvalue weighted by atomic mass is 9.91. The number of carbonyl (C=O) groups excluding carboxylic acids is 1. The number of hydrogen-bond acceptors (Lipinski definition) is 2. The summed E-state index contributed by atoms with van der Waals surface area (Å²) in [6.07, 6.45) is 5.24. The van der Waals surface area contributed by atoms with Gasteiger partial charge in [-0.1, -0.05) is 6.07 Å². The maximum atomic E-state index is 13.9. The Hall–Kier alpha value is -2.17. The molecule has 2 rings (SSSR count). The fourth-order valence-electron chi connectivity index (χ4n) is 2.11. The van der Waals surface area contributed by atoms with Crippen molar-refractivity contribution in [3.63, 3.8) is 0 Å². The molecule has 0 unspecified atom stereocenters. The van der Waals surface area contributed by atoms with Gasteiger partial charge in [-0.25, -0.2) is 9.18 Å². The highest BCUT2D eigenvalue weighted by Gasteiger charge is 2.27. The largest absolute Gasteiger partial charge is 0.478 e. The highest BCUT2D eigenvalue weighted by Crippen LogP contribution is 2.25. The number of rotatable bonds is 4. The zero-order chi connectivity index (χ0) is 14.7. The van der Waals surface area contributed by atoms with Gasteiger partial charge >= 0.3 is 5.97 Å². The number of benzene rings is 1. The van der Waals surface area contributed by atoms with Crippen LogP contribution in [0.2, 0.25) is 0 Å². The monoisotopic (exact) mass is 277 g/mol. The molecule has 0 atom stereocenters. The van der Waals surface area contributed by atoms with Gasteiger partial charge in [0.15, 0.2) is 0 Å². The molecule has 1 fully saturated rings. The Labute approximate surface area is 116 Å². The van der Waals surface area contributed by atoms with Crippen LogP contribution in [0.4, 0.5) is 4.39 Å². The van der Waals surface area contributed by atoms with E-state index in [0.29, 0.717) is 5.56 Å². The molecule has 1 saturated carbocycles. The van der Waals surface area contributed by atoms with Gasteiger partial charge in [0.1, 0.15) is 5.82 Å². The van der Waals surface area contributed by atoms with Gasteiger partial charge in [-0.15, -0.1) is 0 Å². The van der Waals surface area contributed by atoms with E-state index in [1.165, 1.54) is 24.3 Å². The van der Waals surface area contributed by atoms with Crippen LogP contribution in [0.15, 0.2) is 24.3 Å². The van der Waals surface area contributed by atoms with Gasteiger partial charge in [-0.2, -0.15) is 0 Å². The van der Waals surface area contributed by atoms with Crippen LogP contribution in [0.1, 0.15) is 35.2 Å².